The highest BCUT2D eigenvalue weighted by molar-refractivity contribution is 5.70. The van der Waals surface area contributed by atoms with Gasteiger partial charge in [0.1, 0.15) is 0 Å². The summed E-state index contributed by atoms with van der Waals surface area (Å²) in [5.41, 5.74) is 2.44. The first-order valence-corrected chi connectivity index (χ1v) is 9.22. The Morgan fingerprint density at radius 3 is 2.50 bits per heavy atom. The van der Waals surface area contributed by atoms with E-state index < -0.39 is 5.97 Å². The number of hydrogen-bond acceptors (Lipinski definition) is 4. The summed E-state index contributed by atoms with van der Waals surface area (Å²) in [5.74, 6) is -0.786. The van der Waals surface area contributed by atoms with Gasteiger partial charge in [-0.05, 0) is 50.4 Å². The van der Waals surface area contributed by atoms with E-state index in [1.807, 2.05) is 0 Å². The molecule has 24 heavy (non-hydrogen) atoms. The fraction of sp³-hybridized carbons (Fsp3) is 0.632. The van der Waals surface area contributed by atoms with E-state index in [0.29, 0.717) is 6.04 Å². The molecule has 0 radical (unpaired) electrons. The van der Waals surface area contributed by atoms with Gasteiger partial charge >= 0.3 is 5.97 Å². The van der Waals surface area contributed by atoms with Crippen molar-refractivity contribution in [3.05, 3.63) is 24.3 Å². The molecule has 2 N–H and O–H groups in total. The molecule has 1 aromatic carbocycles. The number of rotatable bonds is 5. The van der Waals surface area contributed by atoms with Crippen LogP contribution < -0.4 is 10.2 Å². The van der Waals surface area contributed by atoms with Crippen molar-refractivity contribution in [2.24, 2.45) is 5.92 Å². The summed E-state index contributed by atoms with van der Waals surface area (Å²) in [7, 11) is 0. The van der Waals surface area contributed by atoms with Gasteiger partial charge in [0.05, 0.1) is 5.92 Å². The number of carboxylic acid groups (broad SMARTS) is 1. The molecule has 1 saturated carbocycles. The van der Waals surface area contributed by atoms with Crippen LogP contribution >= 0.6 is 0 Å². The van der Waals surface area contributed by atoms with Crippen LogP contribution in [0.5, 0.6) is 0 Å². The maximum absolute atomic E-state index is 11.1. The van der Waals surface area contributed by atoms with E-state index in [-0.39, 0.29) is 5.92 Å². The van der Waals surface area contributed by atoms with Crippen molar-refractivity contribution >= 4 is 17.3 Å². The molecule has 0 amide bonds. The summed E-state index contributed by atoms with van der Waals surface area (Å²) >= 11 is 0. The Bertz CT molecular complexity index is 547. The number of nitrogens with zero attached hydrogens (tertiary/aromatic N) is 2. The highest BCUT2D eigenvalue weighted by Gasteiger charge is 2.25. The van der Waals surface area contributed by atoms with Crippen LogP contribution in [0.1, 0.15) is 32.6 Å². The number of aliphatic carboxylic acids is 1. The van der Waals surface area contributed by atoms with E-state index in [1.54, 1.807) is 0 Å². The zero-order chi connectivity index (χ0) is 16.9. The van der Waals surface area contributed by atoms with Crippen molar-refractivity contribution in [3.8, 4) is 0 Å². The SMILES string of the molecule is CCN1CCN(c2cccc(NC3CCC(C(=O)O)CC3)c2)CC1. The molecule has 1 aliphatic heterocycles. The molecule has 2 fully saturated rings. The van der Waals surface area contributed by atoms with Crippen molar-refractivity contribution in [1.29, 1.82) is 0 Å². The summed E-state index contributed by atoms with van der Waals surface area (Å²) in [6.07, 6.45) is 3.45. The number of nitrogens with one attached hydrogen (secondary N) is 1. The molecular formula is C19H29N3O2. The number of hydrogen-bond donors (Lipinski definition) is 2. The number of likely N-dealkylation sites (N-methyl/N-ethyl adjacent to an activating group) is 1. The first-order valence-electron chi connectivity index (χ1n) is 9.22. The lowest BCUT2D eigenvalue weighted by Gasteiger charge is -2.36. The summed E-state index contributed by atoms with van der Waals surface area (Å²) in [4.78, 5) is 16.0. The lowest BCUT2D eigenvalue weighted by molar-refractivity contribution is -0.142. The Balaban J connectivity index is 1.55. The minimum atomic E-state index is -0.637. The first-order chi connectivity index (χ1) is 11.7. The van der Waals surface area contributed by atoms with Gasteiger partial charge in [-0.25, -0.2) is 0 Å². The van der Waals surface area contributed by atoms with Crippen LogP contribution in [-0.4, -0.2) is 54.7 Å². The van der Waals surface area contributed by atoms with Crippen LogP contribution in [0.4, 0.5) is 11.4 Å². The molecule has 0 aromatic heterocycles. The van der Waals surface area contributed by atoms with Crippen molar-refractivity contribution in [2.75, 3.05) is 42.9 Å². The van der Waals surface area contributed by atoms with E-state index in [0.717, 1.165) is 64.1 Å². The monoisotopic (exact) mass is 331 g/mol. The topological polar surface area (TPSA) is 55.8 Å². The molecule has 0 unspecified atom stereocenters. The lowest BCUT2D eigenvalue weighted by Crippen LogP contribution is -2.46. The fourth-order valence-corrected chi connectivity index (χ4v) is 3.84. The third-order valence-corrected chi connectivity index (χ3v) is 5.48. The van der Waals surface area contributed by atoms with Gasteiger partial charge in [0.25, 0.3) is 0 Å². The van der Waals surface area contributed by atoms with Gasteiger partial charge in [0.15, 0.2) is 0 Å². The second kappa shape index (κ2) is 7.88. The highest BCUT2D eigenvalue weighted by atomic mass is 16.4. The molecular weight excluding hydrogens is 302 g/mol. The number of carboxylic acids is 1. The zero-order valence-corrected chi connectivity index (χ0v) is 14.6. The maximum Gasteiger partial charge on any atom is 0.306 e. The lowest BCUT2D eigenvalue weighted by atomic mass is 9.86. The summed E-state index contributed by atoms with van der Waals surface area (Å²) < 4.78 is 0. The Labute approximate surface area is 144 Å². The van der Waals surface area contributed by atoms with Crippen LogP contribution in [0.15, 0.2) is 24.3 Å². The third kappa shape index (κ3) is 4.20. The predicted octanol–water partition coefficient (Wildman–Crippen LogP) is 2.88. The van der Waals surface area contributed by atoms with Crippen molar-refractivity contribution in [3.63, 3.8) is 0 Å². The van der Waals surface area contributed by atoms with E-state index in [1.165, 1.54) is 5.69 Å². The Morgan fingerprint density at radius 2 is 1.88 bits per heavy atom. The first kappa shape index (κ1) is 17.1. The second-order valence-electron chi connectivity index (χ2n) is 7.00. The minimum Gasteiger partial charge on any atom is -0.481 e. The van der Waals surface area contributed by atoms with Crippen LogP contribution in [0, 0.1) is 5.92 Å². The summed E-state index contributed by atoms with van der Waals surface area (Å²) in [5, 5.41) is 12.7. The molecule has 0 bridgehead atoms. The van der Waals surface area contributed by atoms with Gasteiger partial charge < -0.3 is 20.2 Å². The van der Waals surface area contributed by atoms with Crippen LogP contribution in [-0.2, 0) is 4.79 Å². The normalized spacial score (nSPS) is 25.5. The van der Waals surface area contributed by atoms with Gasteiger partial charge in [-0.1, -0.05) is 13.0 Å². The van der Waals surface area contributed by atoms with Gasteiger partial charge in [0, 0.05) is 43.6 Å². The third-order valence-electron chi connectivity index (χ3n) is 5.48. The van der Waals surface area contributed by atoms with Crippen LogP contribution in [0.25, 0.3) is 0 Å². The van der Waals surface area contributed by atoms with E-state index in [2.05, 4.69) is 46.3 Å². The van der Waals surface area contributed by atoms with Gasteiger partial charge in [-0.2, -0.15) is 0 Å². The molecule has 1 heterocycles. The van der Waals surface area contributed by atoms with E-state index in [9.17, 15) is 4.79 Å². The fourth-order valence-electron chi connectivity index (χ4n) is 3.84. The van der Waals surface area contributed by atoms with Crippen LogP contribution in [0.2, 0.25) is 0 Å². The minimum absolute atomic E-state index is 0.149. The number of carbonyl (C=O) groups is 1. The van der Waals surface area contributed by atoms with Gasteiger partial charge in [-0.15, -0.1) is 0 Å². The molecule has 1 saturated heterocycles. The van der Waals surface area contributed by atoms with E-state index in [4.69, 9.17) is 5.11 Å². The van der Waals surface area contributed by atoms with Crippen molar-refractivity contribution in [2.45, 2.75) is 38.6 Å². The Morgan fingerprint density at radius 1 is 1.17 bits per heavy atom. The Kier molecular flexibility index (Phi) is 5.61. The average Bonchev–Trinajstić information content (AvgIpc) is 2.62. The molecule has 0 spiro atoms. The second-order valence-corrected chi connectivity index (χ2v) is 7.00. The quantitative estimate of drug-likeness (QED) is 0.869. The maximum atomic E-state index is 11.1. The molecule has 132 valence electrons. The van der Waals surface area contributed by atoms with Gasteiger partial charge in [-0.3, -0.25) is 4.79 Å². The number of anilines is 2. The zero-order valence-electron chi connectivity index (χ0n) is 14.6. The molecule has 5 nitrogen and oxygen atoms in total. The summed E-state index contributed by atoms with van der Waals surface area (Å²) in [6.45, 7) is 7.79. The standard InChI is InChI=1S/C19H29N3O2/c1-2-21-10-12-22(13-11-21)18-5-3-4-17(14-18)20-16-8-6-15(7-9-16)19(23)24/h3-5,14-16,20H,2,6-13H2,1H3,(H,23,24). The largest absolute Gasteiger partial charge is 0.481 e. The molecule has 1 aromatic rings. The Hall–Kier alpha value is -1.75. The number of benzene rings is 1. The number of piperazine rings is 1. The highest BCUT2D eigenvalue weighted by Crippen LogP contribution is 2.28. The molecule has 0 atom stereocenters. The van der Waals surface area contributed by atoms with E-state index >= 15 is 0 Å². The molecule has 3 rings (SSSR count). The predicted molar refractivity (Wildman–Crippen MR) is 97.8 cm³/mol. The average molecular weight is 331 g/mol. The summed E-state index contributed by atoms with van der Waals surface area (Å²) in [6, 6.07) is 9.06. The molecule has 1 aliphatic carbocycles. The van der Waals surface area contributed by atoms with Gasteiger partial charge in [0.2, 0.25) is 0 Å². The van der Waals surface area contributed by atoms with Crippen molar-refractivity contribution < 1.29 is 9.90 Å². The molecule has 2 aliphatic rings. The smallest absolute Gasteiger partial charge is 0.306 e. The molecule has 5 heteroatoms. The van der Waals surface area contributed by atoms with Crippen molar-refractivity contribution in [1.82, 2.24) is 4.90 Å². The van der Waals surface area contributed by atoms with Crippen LogP contribution in [0.3, 0.4) is 0 Å².